The predicted octanol–water partition coefficient (Wildman–Crippen LogP) is 7.02. The third kappa shape index (κ3) is 7.07. The van der Waals surface area contributed by atoms with Crippen molar-refractivity contribution in [1.82, 2.24) is 9.97 Å². The Kier molecular flexibility index (Phi) is 8.39. The number of hydrogen-bond acceptors (Lipinski definition) is 6. The number of carbonyl (C=O) groups excluding carboxylic acids is 1. The van der Waals surface area contributed by atoms with E-state index in [0.29, 0.717) is 33.8 Å². The van der Waals surface area contributed by atoms with E-state index in [9.17, 15) is 9.18 Å². The van der Waals surface area contributed by atoms with Crippen LogP contribution in [-0.2, 0) is 5.75 Å². The average Bonchev–Trinajstić information content (AvgIpc) is 2.87. The summed E-state index contributed by atoms with van der Waals surface area (Å²) in [5, 5.41) is 3.39. The average molecular weight is 506 g/mol. The molecule has 1 heterocycles. The summed E-state index contributed by atoms with van der Waals surface area (Å²) in [4.78, 5) is 23.9. The van der Waals surface area contributed by atoms with E-state index in [1.54, 1.807) is 30.5 Å². The van der Waals surface area contributed by atoms with Crippen molar-refractivity contribution >= 4 is 35.1 Å². The van der Waals surface area contributed by atoms with Crippen molar-refractivity contribution < 1.29 is 13.9 Å². The zero-order valence-electron chi connectivity index (χ0n) is 19.3. The van der Waals surface area contributed by atoms with Crippen LogP contribution < -0.4 is 10.1 Å². The molecule has 0 radical (unpaired) electrons. The Bertz CT molecular complexity index is 1280. The fourth-order valence-electron chi connectivity index (χ4n) is 3.11. The predicted molar refractivity (Wildman–Crippen MR) is 139 cm³/mol. The van der Waals surface area contributed by atoms with Crippen molar-refractivity contribution in [3.05, 3.63) is 102 Å². The maximum atomic E-state index is 13.3. The molecule has 0 aliphatic carbocycles. The molecule has 0 unspecified atom stereocenters. The summed E-state index contributed by atoms with van der Waals surface area (Å²) in [6.07, 6.45) is 1.68. The second-order valence-electron chi connectivity index (χ2n) is 7.61. The fraction of sp³-hybridized carbons (Fsp3) is 0.148. The molecule has 0 bridgehead atoms. The molecule has 4 rings (SSSR count). The SMILES string of the molecule is CCOc1ccc(NC(=O)c2nc(SCc3ccc(F)cc3)ncc2Sc2ccc(C)cc2)cc1. The Morgan fingerprint density at radius 1 is 1.00 bits per heavy atom. The van der Waals surface area contributed by atoms with Gasteiger partial charge in [0.05, 0.1) is 11.5 Å². The third-order valence-electron chi connectivity index (χ3n) is 4.90. The van der Waals surface area contributed by atoms with E-state index in [1.807, 2.05) is 50.2 Å². The molecule has 4 aromatic rings. The van der Waals surface area contributed by atoms with E-state index in [-0.39, 0.29) is 11.7 Å². The molecule has 0 saturated heterocycles. The van der Waals surface area contributed by atoms with E-state index in [0.717, 1.165) is 21.8 Å². The second kappa shape index (κ2) is 11.9. The highest BCUT2D eigenvalue weighted by Crippen LogP contribution is 2.31. The number of rotatable bonds is 9. The van der Waals surface area contributed by atoms with Gasteiger partial charge in [0.1, 0.15) is 17.3 Å². The molecular formula is C27H24FN3O2S2. The van der Waals surface area contributed by atoms with Gasteiger partial charge >= 0.3 is 0 Å². The van der Waals surface area contributed by atoms with Gasteiger partial charge in [-0.15, -0.1) is 0 Å². The Hall–Kier alpha value is -3.36. The summed E-state index contributed by atoms with van der Waals surface area (Å²) in [7, 11) is 0. The molecule has 0 aliphatic heterocycles. The first kappa shape index (κ1) is 24.8. The lowest BCUT2D eigenvalue weighted by atomic mass is 10.2. The van der Waals surface area contributed by atoms with E-state index in [2.05, 4.69) is 15.3 Å². The number of nitrogens with one attached hydrogen (secondary N) is 1. The van der Waals surface area contributed by atoms with Crippen molar-refractivity contribution in [3.8, 4) is 5.75 Å². The van der Waals surface area contributed by atoms with Crippen LogP contribution in [0.1, 0.15) is 28.5 Å². The smallest absolute Gasteiger partial charge is 0.275 e. The van der Waals surface area contributed by atoms with E-state index in [4.69, 9.17) is 4.74 Å². The van der Waals surface area contributed by atoms with Crippen molar-refractivity contribution in [2.75, 3.05) is 11.9 Å². The van der Waals surface area contributed by atoms with Gasteiger partial charge in [0.25, 0.3) is 5.91 Å². The number of aryl methyl sites for hydroxylation is 1. The third-order valence-corrected chi connectivity index (χ3v) is 6.86. The van der Waals surface area contributed by atoms with E-state index >= 15 is 0 Å². The monoisotopic (exact) mass is 505 g/mol. The summed E-state index contributed by atoms with van der Waals surface area (Å²) >= 11 is 2.83. The highest BCUT2D eigenvalue weighted by Gasteiger charge is 2.17. The molecular weight excluding hydrogens is 481 g/mol. The molecule has 5 nitrogen and oxygen atoms in total. The van der Waals surface area contributed by atoms with Crippen molar-refractivity contribution in [2.45, 2.75) is 34.5 Å². The van der Waals surface area contributed by atoms with Gasteiger partial charge in [-0.3, -0.25) is 4.79 Å². The Morgan fingerprint density at radius 2 is 1.71 bits per heavy atom. The summed E-state index contributed by atoms with van der Waals surface area (Å²) in [5.74, 6) is 0.697. The molecule has 1 N–H and O–H groups in total. The molecule has 0 fully saturated rings. The number of hydrogen-bond donors (Lipinski definition) is 1. The lowest BCUT2D eigenvalue weighted by Crippen LogP contribution is -2.16. The number of amides is 1. The summed E-state index contributed by atoms with van der Waals surface area (Å²) in [5.41, 5.74) is 3.04. The first-order chi connectivity index (χ1) is 17.0. The molecule has 0 spiro atoms. The van der Waals surface area contributed by atoms with Crippen LogP contribution in [-0.4, -0.2) is 22.5 Å². The largest absolute Gasteiger partial charge is 0.494 e. The highest BCUT2D eigenvalue weighted by atomic mass is 32.2. The van der Waals surface area contributed by atoms with Crippen LogP contribution in [0.4, 0.5) is 10.1 Å². The fourth-order valence-corrected chi connectivity index (χ4v) is 4.75. The van der Waals surface area contributed by atoms with Crippen molar-refractivity contribution in [1.29, 1.82) is 0 Å². The maximum Gasteiger partial charge on any atom is 0.275 e. The summed E-state index contributed by atoms with van der Waals surface area (Å²) in [6.45, 7) is 4.52. The number of anilines is 1. The molecule has 8 heteroatoms. The Morgan fingerprint density at radius 3 is 2.40 bits per heavy atom. The van der Waals surface area contributed by atoms with Gasteiger partial charge < -0.3 is 10.1 Å². The minimum atomic E-state index is -0.324. The van der Waals surface area contributed by atoms with E-state index < -0.39 is 0 Å². The van der Waals surface area contributed by atoms with Gasteiger partial charge in [0.15, 0.2) is 5.16 Å². The minimum Gasteiger partial charge on any atom is -0.494 e. The van der Waals surface area contributed by atoms with Crippen LogP contribution in [0.15, 0.2) is 93.9 Å². The second-order valence-corrected chi connectivity index (χ2v) is 9.67. The van der Waals surface area contributed by atoms with E-state index in [1.165, 1.54) is 35.7 Å². The van der Waals surface area contributed by atoms with Crippen LogP contribution in [0.5, 0.6) is 5.75 Å². The van der Waals surface area contributed by atoms with Gasteiger partial charge in [-0.25, -0.2) is 14.4 Å². The van der Waals surface area contributed by atoms with Gasteiger partial charge in [-0.05, 0) is 67.9 Å². The highest BCUT2D eigenvalue weighted by molar-refractivity contribution is 7.99. The number of nitrogens with zero attached hydrogens (tertiary/aromatic N) is 2. The lowest BCUT2D eigenvalue weighted by molar-refractivity contribution is 0.101. The lowest BCUT2D eigenvalue weighted by Gasteiger charge is -2.11. The van der Waals surface area contributed by atoms with Crippen molar-refractivity contribution in [2.24, 2.45) is 0 Å². The number of benzene rings is 3. The molecule has 0 atom stereocenters. The molecule has 0 saturated carbocycles. The topological polar surface area (TPSA) is 64.1 Å². The van der Waals surface area contributed by atoms with Gasteiger partial charge in [-0.2, -0.15) is 0 Å². The number of carbonyl (C=O) groups is 1. The molecule has 0 aliphatic rings. The number of halogens is 1. The molecule has 3 aromatic carbocycles. The first-order valence-corrected chi connectivity index (χ1v) is 12.8. The van der Waals surface area contributed by atoms with Crippen LogP contribution in [0.25, 0.3) is 0 Å². The molecule has 35 heavy (non-hydrogen) atoms. The van der Waals surface area contributed by atoms with Crippen molar-refractivity contribution in [3.63, 3.8) is 0 Å². The maximum absolute atomic E-state index is 13.3. The minimum absolute atomic E-state index is 0.277. The number of thioether (sulfide) groups is 1. The summed E-state index contributed by atoms with van der Waals surface area (Å²) in [6, 6.07) is 21.6. The first-order valence-electron chi connectivity index (χ1n) is 11.0. The Balaban J connectivity index is 1.56. The van der Waals surface area contributed by atoms with Crippen LogP contribution in [0, 0.1) is 12.7 Å². The number of aromatic nitrogens is 2. The van der Waals surface area contributed by atoms with Crippen LogP contribution in [0.3, 0.4) is 0 Å². The normalized spacial score (nSPS) is 10.7. The van der Waals surface area contributed by atoms with Crippen LogP contribution >= 0.6 is 23.5 Å². The zero-order chi connectivity index (χ0) is 24.6. The number of ether oxygens (including phenoxy) is 1. The van der Waals surface area contributed by atoms with Gasteiger partial charge in [0, 0.05) is 22.5 Å². The molecule has 1 aromatic heterocycles. The van der Waals surface area contributed by atoms with Gasteiger partial charge in [0.2, 0.25) is 0 Å². The Labute approximate surface area is 212 Å². The quantitative estimate of drug-likeness (QED) is 0.195. The molecule has 178 valence electrons. The van der Waals surface area contributed by atoms with Gasteiger partial charge in [-0.1, -0.05) is 53.4 Å². The summed E-state index contributed by atoms with van der Waals surface area (Å²) < 4.78 is 18.7. The standard InChI is InChI=1S/C27H24FN3O2S2/c1-3-33-22-12-10-21(11-13-22)30-26(32)25-24(35-23-14-4-18(2)5-15-23)16-29-27(31-25)34-17-19-6-8-20(28)9-7-19/h4-16H,3,17H2,1-2H3,(H,30,32). The van der Waals surface area contributed by atoms with Crippen LogP contribution in [0.2, 0.25) is 0 Å². The zero-order valence-corrected chi connectivity index (χ0v) is 21.0. The molecule has 1 amide bonds.